The van der Waals surface area contributed by atoms with E-state index in [1.807, 2.05) is 18.2 Å². The summed E-state index contributed by atoms with van der Waals surface area (Å²) in [6, 6.07) is 10.7. The van der Waals surface area contributed by atoms with Crippen LogP contribution in [0.5, 0.6) is 5.75 Å². The summed E-state index contributed by atoms with van der Waals surface area (Å²) in [5, 5.41) is 10.9. The Morgan fingerprint density at radius 3 is 2.58 bits per heavy atom. The molecule has 2 heterocycles. The number of benzene rings is 1. The topological polar surface area (TPSA) is 36.4 Å². The second-order valence-corrected chi connectivity index (χ2v) is 5.55. The highest BCUT2D eigenvalue weighted by Gasteiger charge is 2.25. The van der Waals surface area contributed by atoms with E-state index in [1.54, 1.807) is 6.07 Å². The molecule has 1 aliphatic heterocycles. The van der Waals surface area contributed by atoms with Crippen LogP contribution in [0.4, 0.5) is 5.82 Å². The molecule has 1 fully saturated rings. The fourth-order valence-electron chi connectivity index (χ4n) is 3.14. The van der Waals surface area contributed by atoms with E-state index in [9.17, 15) is 5.11 Å². The molecule has 1 aromatic carbocycles. The van der Waals surface area contributed by atoms with Gasteiger partial charge in [-0.1, -0.05) is 12.1 Å². The van der Waals surface area contributed by atoms with Crippen LogP contribution in [0, 0.1) is 0 Å². The van der Waals surface area contributed by atoms with Crippen LogP contribution < -0.4 is 4.90 Å². The number of rotatable bonds is 1. The van der Waals surface area contributed by atoms with Crippen molar-refractivity contribution in [3.05, 3.63) is 30.3 Å². The van der Waals surface area contributed by atoms with Gasteiger partial charge < -0.3 is 10.0 Å². The third-order valence-corrected chi connectivity index (χ3v) is 4.14. The van der Waals surface area contributed by atoms with Gasteiger partial charge in [0.15, 0.2) is 0 Å². The summed E-state index contributed by atoms with van der Waals surface area (Å²) in [6.07, 6.45) is 3.72. The third-order valence-electron chi connectivity index (χ3n) is 4.14. The number of phenols is 1. The average molecular weight is 256 g/mol. The Morgan fingerprint density at radius 1 is 1.11 bits per heavy atom. The summed E-state index contributed by atoms with van der Waals surface area (Å²) in [4.78, 5) is 7.06. The van der Waals surface area contributed by atoms with Crippen LogP contribution >= 0.6 is 0 Å². The predicted octanol–water partition coefficient (Wildman–Crippen LogP) is 3.71. The van der Waals surface area contributed by atoms with Crippen LogP contribution in [-0.2, 0) is 0 Å². The van der Waals surface area contributed by atoms with Crippen molar-refractivity contribution in [3.8, 4) is 5.75 Å². The lowest BCUT2D eigenvalue weighted by Gasteiger charge is -2.40. The highest BCUT2D eigenvalue weighted by Crippen LogP contribution is 2.31. The van der Waals surface area contributed by atoms with Gasteiger partial charge in [0.05, 0.1) is 0 Å². The SMILES string of the molecule is CC1CCCC(C)N1c1ccc2cccc(O)c2n1. The first-order valence-corrected chi connectivity index (χ1v) is 7.04. The van der Waals surface area contributed by atoms with E-state index in [0.29, 0.717) is 17.6 Å². The van der Waals surface area contributed by atoms with Crippen molar-refractivity contribution in [3.63, 3.8) is 0 Å². The van der Waals surface area contributed by atoms with Crippen molar-refractivity contribution in [2.24, 2.45) is 0 Å². The number of anilines is 1. The minimum absolute atomic E-state index is 0.261. The molecular weight excluding hydrogens is 236 g/mol. The molecule has 3 heteroatoms. The molecule has 0 amide bonds. The lowest BCUT2D eigenvalue weighted by molar-refractivity contribution is 0.411. The van der Waals surface area contributed by atoms with Gasteiger partial charge in [-0.25, -0.2) is 4.98 Å². The summed E-state index contributed by atoms with van der Waals surface area (Å²) in [5.74, 6) is 1.24. The van der Waals surface area contributed by atoms with Crippen molar-refractivity contribution < 1.29 is 5.11 Å². The Balaban J connectivity index is 2.07. The van der Waals surface area contributed by atoms with Gasteiger partial charge in [0.2, 0.25) is 0 Å². The number of fused-ring (bicyclic) bond motifs is 1. The fourth-order valence-corrected chi connectivity index (χ4v) is 3.14. The molecular formula is C16H20N2O. The van der Waals surface area contributed by atoms with Gasteiger partial charge in [0.1, 0.15) is 17.1 Å². The van der Waals surface area contributed by atoms with Gasteiger partial charge >= 0.3 is 0 Å². The molecule has 2 atom stereocenters. The second-order valence-electron chi connectivity index (χ2n) is 5.55. The van der Waals surface area contributed by atoms with Crippen molar-refractivity contribution in [1.82, 2.24) is 4.98 Å². The van der Waals surface area contributed by atoms with Gasteiger partial charge in [-0.05, 0) is 51.3 Å². The molecule has 0 radical (unpaired) electrons. The molecule has 19 heavy (non-hydrogen) atoms. The largest absolute Gasteiger partial charge is 0.506 e. The van der Waals surface area contributed by atoms with E-state index in [2.05, 4.69) is 29.8 Å². The lowest BCUT2D eigenvalue weighted by Crippen LogP contribution is -2.44. The molecule has 0 bridgehead atoms. The maximum Gasteiger partial charge on any atom is 0.141 e. The number of pyridine rings is 1. The number of hydrogen-bond donors (Lipinski definition) is 1. The van der Waals surface area contributed by atoms with Crippen LogP contribution in [0.2, 0.25) is 0 Å². The summed E-state index contributed by atoms with van der Waals surface area (Å²) in [5.41, 5.74) is 0.699. The molecule has 1 N–H and O–H groups in total. The van der Waals surface area contributed by atoms with E-state index < -0.39 is 0 Å². The first-order valence-electron chi connectivity index (χ1n) is 7.04. The molecule has 1 aliphatic rings. The van der Waals surface area contributed by atoms with Crippen molar-refractivity contribution in [1.29, 1.82) is 0 Å². The number of aromatic nitrogens is 1. The standard InChI is InChI=1S/C16H20N2O/c1-11-5-3-6-12(2)18(11)15-10-9-13-7-4-8-14(19)16(13)17-15/h4,7-12,19H,3,5-6H2,1-2H3. The van der Waals surface area contributed by atoms with Crippen LogP contribution in [0.1, 0.15) is 33.1 Å². The minimum atomic E-state index is 0.261. The Kier molecular flexibility index (Phi) is 3.05. The van der Waals surface area contributed by atoms with E-state index in [-0.39, 0.29) is 5.75 Å². The summed E-state index contributed by atoms with van der Waals surface area (Å²) in [7, 11) is 0. The van der Waals surface area contributed by atoms with E-state index in [4.69, 9.17) is 0 Å². The number of piperidine rings is 1. The van der Waals surface area contributed by atoms with E-state index in [0.717, 1.165) is 11.2 Å². The number of hydrogen-bond acceptors (Lipinski definition) is 3. The number of para-hydroxylation sites is 1. The summed E-state index contributed by atoms with van der Waals surface area (Å²) >= 11 is 0. The zero-order chi connectivity index (χ0) is 13.4. The Bertz CT molecular complexity index is 586. The number of aromatic hydroxyl groups is 1. The van der Waals surface area contributed by atoms with Gasteiger partial charge in [-0.15, -0.1) is 0 Å². The normalized spacial score (nSPS) is 23.8. The molecule has 100 valence electrons. The quantitative estimate of drug-likeness (QED) is 0.845. The monoisotopic (exact) mass is 256 g/mol. The van der Waals surface area contributed by atoms with Gasteiger partial charge in [0, 0.05) is 17.5 Å². The minimum Gasteiger partial charge on any atom is -0.506 e. The first kappa shape index (κ1) is 12.3. The second kappa shape index (κ2) is 4.72. The smallest absolute Gasteiger partial charge is 0.141 e. The third kappa shape index (κ3) is 2.14. The van der Waals surface area contributed by atoms with Gasteiger partial charge in [0.25, 0.3) is 0 Å². The van der Waals surface area contributed by atoms with Crippen LogP contribution in [0.3, 0.4) is 0 Å². The molecule has 0 aliphatic carbocycles. The van der Waals surface area contributed by atoms with Crippen molar-refractivity contribution in [2.75, 3.05) is 4.90 Å². The molecule has 1 saturated heterocycles. The zero-order valence-electron chi connectivity index (χ0n) is 11.5. The number of phenolic OH excluding ortho intramolecular Hbond substituents is 1. The highest BCUT2D eigenvalue weighted by atomic mass is 16.3. The molecule has 2 unspecified atom stereocenters. The van der Waals surface area contributed by atoms with Gasteiger partial charge in [-0.3, -0.25) is 0 Å². The van der Waals surface area contributed by atoms with E-state index >= 15 is 0 Å². The molecule has 3 nitrogen and oxygen atoms in total. The van der Waals surface area contributed by atoms with Crippen LogP contribution in [0.25, 0.3) is 10.9 Å². The maximum absolute atomic E-state index is 9.94. The molecule has 1 aromatic heterocycles. The molecule has 0 spiro atoms. The Morgan fingerprint density at radius 2 is 1.84 bits per heavy atom. The zero-order valence-corrected chi connectivity index (χ0v) is 11.5. The van der Waals surface area contributed by atoms with E-state index in [1.165, 1.54) is 19.3 Å². The fraction of sp³-hybridized carbons (Fsp3) is 0.438. The van der Waals surface area contributed by atoms with Crippen molar-refractivity contribution >= 4 is 16.7 Å². The van der Waals surface area contributed by atoms with Crippen LogP contribution in [0.15, 0.2) is 30.3 Å². The van der Waals surface area contributed by atoms with Crippen LogP contribution in [-0.4, -0.2) is 22.2 Å². The summed E-state index contributed by atoms with van der Waals surface area (Å²) < 4.78 is 0. The first-order chi connectivity index (χ1) is 9.16. The number of nitrogens with zero attached hydrogens (tertiary/aromatic N) is 2. The summed E-state index contributed by atoms with van der Waals surface area (Å²) in [6.45, 7) is 4.51. The van der Waals surface area contributed by atoms with Crippen molar-refractivity contribution in [2.45, 2.75) is 45.2 Å². The van der Waals surface area contributed by atoms with Gasteiger partial charge in [-0.2, -0.15) is 0 Å². The molecule has 2 aromatic rings. The predicted molar refractivity (Wildman–Crippen MR) is 78.7 cm³/mol. The highest BCUT2D eigenvalue weighted by molar-refractivity contribution is 5.85. The molecule has 0 saturated carbocycles. The Hall–Kier alpha value is -1.77. The molecule has 3 rings (SSSR count). The lowest BCUT2D eigenvalue weighted by atomic mass is 9.97. The average Bonchev–Trinajstić information content (AvgIpc) is 2.39. The Labute approximate surface area is 113 Å². The maximum atomic E-state index is 9.94.